The number of allylic oxidation sites excluding steroid dienone is 1. The molecule has 4 heteroatoms. The minimum Gasteiger partial charge on any atom is -0.443 e. The number of hydrogen-bond donors (Lipinski definition) is 2. The van der Waals surface area contributed by atoms with Gasteiger partial charge in [0.25, 0.3) is 0 Å². The van der Waals surface area contributed by atoms with Crippen LogP contribution >= 0.6 is 0 Å². The summed E-state index contributed by atoms with van der Waals surface area (Å²) in [6.45, 7) is 7.83. The molecule has 174 valence electrons. The third kappa shape index (κ3) is 5.12. The molecule has 0 aliphatic heterocycles. The molecule has 34 heavy (non-hydrogen) atoms. The van der Waals surface area contributed by atoms with Crippen LogP contribution in [0.2, 0.25) is 0 Å². The highest BCUT2D eigenvalue weighted by Crippen LogP contribution is 2.42. The molecule has 2 N–H and O–H groups in total. The second-order valence-electron chi connectivity index (χ2n) is 9.30. The van der Waals surface area contributed by atoms with Gasteiger partial charge in [0.2, 0.25) is 0 Å². The Kier molecular flexibility index (Phi) is 6.97. The highest BCUT2D eigenvalue weighted by Gasteiger charge is 2.22. The van der Waals surface area contributed by atoms with Crippen molar-refractivity contribution in [3.63, 3.8) is 0 Å². The van der Waals surface area contributed by atoms with Crippen molar-refractivity contribution in [1.29, 1.82) is 10.8 Å². The second-order valence-corrected chi connectivity index (χ2v) is 9.30. The standard InChI is InChI=1S/C30H32N2O2/c1-19(2)29(31)33-24-13-10-22(11-14-24)28-26(21-8-6-5-7-9-21)16-12-23-18-25(15-17-27(23)28)34-30(32)20(3)4/h5-11,13-15,17-20,31-32H,12,16H2,1-4H3. The Labute approximate surface area is 202 Å². The van der Waals surface area contributed by atoms with Gasteiger partial charge in [0.1, 0.15) is 11.5 Å². The highest BCUT2D eigenvalue weighted by atomic mass is 16.5. The van der Waals surface area contributed by atoms with Crippen LogP contribution in [-0.4, -0.2) is 11.8 Å². The van der Waals surface area contributed by atoms with Gasteiger partial charge < -0.3 is 9.47 Å². The summed E-state index contributed by atoms with van der Waals surface area (Å²) >= 11 is 0. The lowest BCUT2D eigenvalue weighted by molar-refractivity contribution is 0.500. The fourth-order valence-electron chi connectivity index (χ4n) is 4.07. The first kappa shape index (κ1) is 23.5. The van der Waals surface area contributed by atoms with Gasteiger partial charge in [-0.05, 0) is 70.5 Å². The van der Waals surface area contributed by atoms with Crippen molar-refractivity contribution >= 4 is 22.9 Å². The van der Waals surface area contributed by atoms with Gasteiger partial charge in [0.05, 0.1) is 0 Å². The Morgan fingerprint density at radius 2 is 1.26 bits per heavy atom. The van der Waals surface area contributed by atoms with Gasteiger partial charge in [-0.1, -0.05) is 76.2 Å². The molecule has 4 rings (SSSR count). The Morgan fingerprint density at radius 3 is 1.88 bits per heavy atom. The molecule has 0 spiro atoms. The zero-order valence-electron chi connectivity index (χ0n) is 20.3. The fraction of sp³-hybridized carbons (Fsp3) is 0.267. The number of aryl methyl sites for hydroxylation is 1. The van der Waals surface area contributed by atoms with E-state index in [9.17, 15) is 0 Å². The second kappa shape index (κ2) is 10.1. The van der Waals surface area contributed by atoms with E-state index in [0.717, 1.165) is 24.2 Å². The number of ether oxygens (including phenoxy) is 2. The van der Waals surface area contributed by atoms with Gasteiger partial charge in [-0.2, -0.15) is 0 Å². The third-order valence-corrected chi connectivity index (χ3v) is 6.06. The van der Waals surface area contributed by atoms with E-state index in [1.165, 1.54) is 27.8 Å². The quantitative estimate of drug-likeness (QED) is 0.298. The minimum absolute atomic E-state index is 0.0471. The van der Waals surface area contributed by atoms with Gasteiger partial charge in [0.15, 0.2) is 11.8 Å². The van der Waals surface area contributed by atoms with Gasteiger partial charge in [-0.25, -0.2) is 0 Å². The summed E-state index contributed by atoms with van der Waals surface area (Å²) in [4.78, 5) is 0. The van der Waals surface area contributed by atoms with E-state index in [1.807, 2.05) is 52.0 Å². The molecule has 0 aromatic heterocycles. The first-order valence-electron chi connectivity index (χ1n) is 11.9. The predicted octanol–water partition coefficient (Wildman–Crippen LogP) is 7.62. The summed E-state index contributed by atoms with van der Waals surface area (Å²) in [6.07, 6.45) is 1.84. The highest BCUT2D eigenvalue weighted by molar-refractivity contribution is 6.01. The summed E-state index contributed by atoms with van der Waals surface area (Å²) in [5, 5.41) is 16.1. The van der Waals surface area contributed by atoms with Gasteiger partial charge in [0, 0.05) is 11.8 Å². The molecule has 0 saturated heterocycles. The molecule has 0 heterocycles. The van der Waals surface area contributed by atoms with Crippen molar-refractivity contribution in [1.82, 2.24) is 0 Å². The van der Waals surface area contributed by atoms with Gasteiger partial charge in [-0.15, -0.1) is 0 Å². The maximum Gasteiger partial charge on any atom is 0.189 e. The molecule has 0 amide bonds. The monoisotopic (exact) mass is 452 g/mol. The SMILES string of the molecule is CC(C)C(=N)Oc1ccc(C2=C(c3ccccc3)CCc3cc(OC(=N)C(C)C)ccc32)cc1. The van der Waals surface area contributed by atoms with E-state index in [4.69, 9.17) is 20.3 Å². The van der Waals surface area contributed by atoms with E-state index in [-0.39, 0.29) is 23.6 Å². The summed E-state index contributed by atoms with van der Waals surface area (Å²) in [5.74, 6) is 2.03. The first-order valence-corrected chi connectivity index (χ1v) is 11.9. The van der Waals surface area contributed by atoms with Gasteiger partial charge in [-0.3, -0.25) is 10.8 Å². The molecule has 0 bridgehead atoms. The topological polar surface area (TPSA) is 66.2 Å². The summed E-state index contributed by atoms with van der Waals surface area (Å²) in [7, 11) is 0. The zero-order chi connectivity index (χ0) is 24.2. The molecule has 0 unspecified atom stereocenters. The zero-order valence-corrected chi connectivity index (χ0v) is 20.3. The summed E-state index contributed by atoms with van der Waals surface area (Å²) in [6, 6.07) is 24.8. The van der Waals surface area contributed by atoms with E-state index >= 15 is 0 Å². The van der Waals surface area contributed by atoms with Crippen molar-refractivity contribution in [2.24, 2.45) is 11.8 Å². The molecule has 1 aliphatic carbocycles. The lowest BCUT2D eigenvalue weighted by atomic mass is 9.79. The lowest BCUT2D eigenvalue weighted by Crippen LogP contribution is -2.14. The molecule has 0 radical (unpaired) electrons. The molecule has 3 aromatic rings. The van der Waals surface area contributed by atoms with Crippen LogP contribution in [0.1, 0.15) is 56.4 Å². The first-order chi connectivity index (χ1) is 16.3. The van der Waals surface area contributed by atoms with Crippen LogP contribution in [0.5, 0.6) is 11.5 Å². The Balaban J connectivity index is 1.76. The summed E-state index contributed by atoms with van der Waals surface area (Å²) < 4.78 is 11.5. The number of fused-ring (bicyclic) bond motifs is 1. The Bertz CT molecular complexity index is 1220. The van der Waals surface area contributed by atoms with Crippen molar-refractivity contribution in [2.45, 2.75) is 40.5 Å². The lowest BCUT2D eigenvalue weighted by Gasteiger charge is -2.25. The molecule has 1 aliphatic rings. The third-order valence-electron chi connectivity index (χ3n) is 6.06. The molecule has 0 fully saturated rings. The van der Waals surface area contributed by atoms with E-state index in [0.29, 0.717) is 5.75 Å². The van der Waals surface area contributed by atoms with Crippen LogP contribution in [0, 0.1) is 22.7 Å². The number of benzene rings is 3. The van der Waals surface area contributed by atoms with Crippen molar-refractivity contribution in [3.05, 3.63) is 95.1 Å². The number of hydrogen-bond acceptors (Lipinski definition) is 4. The predicted molar refractivity (Wildman–Crippen MR) is 140 cm³/mol. The number of rotatable bonds is 6. The van der Waals surface area contributed by atoms with Crippen LogP contribution < -0.4 is 9.47 Å². The number of nitrogens with one attached hydrogen (secondary N) is 2. The molecule has 0 atom stereocenters. The van der Waals surface area contributed by atoms with Crippen LogP contribution in [0.25, 0.3) is 11.1 Å². The molecular formula is C30H32N2O2. The van der Waals surface area contributed by atoms with Crippen LogP contribution in [-0.2, 0) is 6.42 Å². The van der Waals surface area contributed by atoms with E-state index in [1.54, 1.807) is 0 Å². The molecule has 0 saturated carbocycles. The molecular weight excluding hydrogens is 420 g/mol. The fourth-order valence-corrected chi connectivity index (χ4v) is 4.07. The average molecular weight is 453 g/mol. The van der Waals surface area contributed by atoms with E-state index < -0.39 is 0 Å². The Morgan fingerprint density at radius 1 is 0.676 bits per heavy atom. The maximum atomic E-state index is 8.08. The normalized spacial score (nSPS) is 13.1. The van der Waals surface area contributed by atoms with E-state index in [2.05, 4.69) is 48.5 Å². The summed E-state index contributed by atoms with van der Waals surface area (Å²) in [5.41, 5.74) is 7.30. The largest absolute Gasteiger partial charge is 0.443 e. The van der Waals surface area contributed by atoms with Crippen LogP contribution in [0.15, 0.2) is 72.8 Å². The minimum atomic E-state index is 0.0471. The van der Waals surface area contributed by atoms with Crippen molar-refractivity contribution < 1.29 is 9.47 Å². The van der Waals surface area contributed by atoms with Crippen molar-refractivity contribution in [3.8, 4) is 11.5 Å². The average Bonchev–Trinajstić information content (AvgIpc) is 2.84. The Hall–Kier alpha value is -3.66. The van der Waals surface area contributed by atoms with Crippen molar-refractivity contribution in [2.75, 3.05) is 0 Å². The van der Waals surface area contributed by atoms with Gasteiger partial charge >= 0.3 is 0 Å². The maximum absolute atomic E-state index is 8.08. The van der Waals surface area contributed by atoms with Crippen LogP contribution in [0.4, 0.5) is 0 Å². The van der Waals surface area contributed by atoms with Crippen LogP contribution in [0.3, 0.4) is 0 Å². The molecule has 3 aromatic carbocycles. The molecule has 4 nitrogen and oxygen atoms in total. The smallest absolute Gasteiger partial charge is 0.189 e.